The minimum absolute atomic E-state index is 0.0412. The first-order valence-electron chi connectivity index (χ1n) is 9.94. The molecule has 1 unspecified atom stereocenters. The third-order valence-corrected chi connectivity index (χ3v) is 6.05. The van der Waals surface area contributed by atoms with Crippen molar-refractivity contribution in [3.63, 3.8) is 0 Å². The fourth-order valence-corrected chi connectivity index (χ4v) is 4.71. The van der Waals surface area contributed by atoms with Crippen molar-refractivity contribution >= 4 is 5.91 Å². The Morgan fingerprint density at radius 3 is 2.62 bits per heavy atom. The molecular formula is C22H24N4O3. The van der Waals surface area contributed by atoms with Gasteiger partial charge in [0, 0.05) is 44.2 Å². The summed E-state index contributed by atoms with van der Waals surface area (Å²) < 4.78 is 11.0. The predicted octanol–water partition coefficient (Wildman–Crippen LogP) is 3.02. The minimum Gasteiger partial charge on any atom is -0.446 e. The summed E-state index contributed by atoms with van der Waals surface area (Å²) in [5.74, 6) is 2.34. The van der Waals surface area contributed by atoms with E-state index in [-0.39, 0.29) is 17.2 Å². The van der Waals surface area contributed by atoms with Crippen molar-refractivity contribution in [2.24, 2.45) is 5.41 Å². The lowest BCUT2D eigenvalue weighted by atomic mass is 9.71. The first kappa shape index (κ1) is 18.1. The van der Waals surface area contributed by atoms with Crippen LogP contribution in [0.4, 0.5) is 0 Å². The maximum absolute atomic E-state index is 12.8. The second kappa shape index (κ2) is 6.84. The lowest BCUT2D eigenvalue weighted by Crippen LogP contribution is -2.61. The fourth-order valence-electron chi connectivity index (χ4n) is 4.71. The van der Waals surface area contributed by atoms with E-state index in [2.05, 4.69) is 39.3 Å². The SMILES string of the molecule is Cc1cc(C(=O)N2CC3(CN(Cc4ccccc4)CC3c3ncc(C)o3)C2)no1. The van der Waals surface area contributed by atoms with Gasteiger partial charge in [-0.05, 0) is 19.4 Å². The number of carbonyl (C=O) groups excluding carboxylic acids is 1. The molecule has 0 bridgehead atoms. The van der Waals surface area contributed by atoms with E-state index >= 15 is 0 Å². The monoisotopic (exact) mass is 392 g/mol. The molecule has 7 nitrogen and oxygen atoms in total. The molecule has 1 amide bonds. The highest BCUT2D eigenvalue weighted by molar-refractivity contribution is 5.93. The van der Waals surface area contributed by atoms with E-state index in [0.717, 1.165) is 31.3 Å². The second-order valence-corrected chi connectivity index (χ2v) is 8.36. The Labute approximate surface area is 169 Å². The Hall–Kier alpha value is -2.93. The van der Waals surface area contributed by atoms with Crippen LogP contribution >= 0.6 is 0 Å². The van der Waals surface area contributed by atoms with E-state index in [1.165, 1.54) is 5.56 Å². The van der Waals surface area contributed by atoms with Crippen LogP contribution in [0.5, 0.6) is 0 Å². The molecule has 2 aromatic heterocycles. The smallest absolute Gasteiger partial charge is 0.276 e. The zero-order valence-corrected chi connectivity index (χ0v) is 16.7. The summed E-state index contributed by atoms with van der Waals surface area (Å²) in [4.78, 5) is 21.6. The molecule has 0 saturated carbocycles. The number of aryl methyl sites for hydroxylation is 2. The molecule has 4 heterocycles. The molecule has 2 saturated heterocycles. The van der Waals surface area contributed by atoms with Crippen LogP contribution < -0.4 is 0 Å². The topological polar surface area (TPSA) is 75.6 Å². The molecule has 7 heteroatoms. The molecule has 2 aliphatic rings. The molecule has 1 aromatic carbocycles. The molecule has 2 aliphatic heterocycles. The van der Waals surface area contributed by atoms with Crippen LogP contribution in [0.15, 0.2) is 51.5 Å². The van der Waals surface area contributed by atoms with Gasteiger partial charge >= 0.3 is 0 Å². The van der Waals surface area contributed by atoms with Crippen LogP contribution in [0.25, 0.3) is 0 Å². The molecule has 29 heavy (non-hydrogen) atoms. The highest BCUT2D eigenvalue weighted by Crippen LogP contribution is 2.49. The third-order valence-electron chi connectivity index (χ3n) is 6.05. The van der Waals surface area contributed by atoms with Gasteiger partial charge in [0.05, 0.1) is 12.1 Å². The summed E-state index contributed by atoms with van der Waals surface area (Å²) in [6.07, 6.45) is 1.78. The van der Waals surface area contributed by atoms with Crippen LogP contribution in [-0.4, -0.2) is 52.0 Å². The zero-order chi connectivity index (χ0) is 20.0. The molecule has 3 aromatic rings. The quantitative estimate of drug-likeness (QED) is 0.679. The number of benzene rings is 1. The molecule has 0 aliphatic carbocycles. The molecule has 0 N–H and O–H groups in total. The Morgan fingerprint density at radius 2 is 1.97 bits per heavy atom. The van der Waals surface area contributed by atoms with Crippen LogP contribution in [0.3, 0.4) is 0 Å². The summed E-state index contributed by atoms with van der Waals surface area (Å²) in [7, 11) is 0. The first-order valence-corrected chi connectivity index (χ1v) is 9.94. The van der Waals surface area contributed by atoms with E-state index in [4.69, 9.17) is 8.94 Å². The lowest BCUT2D eigenvalue weighted by molar-refractivity contribution is -0.00131. The number of rotatable bonds is 4. The van der Waals surface area contributed by atoms with E-state index in [9.17, 15) is 4.79 Å². The van der Waals surface area contributed by atoms with Gasteiger partial charge < -0.3 is 13.8 Å². The van der Waals surface area contributed by atoms with Crippen molar-refractivity contribution < 1.29 is 13.7 Å². The van der Waals surface area contributed by atoms with E-state index in [1.807, 2.05) is 17.9 Å². The maximum atomic E-state index is 12.8. The number of nitrogens with zero attached hydrogens (tertiary/aromatic N) is 4. The average Bonchev–Trinajstić information content (AvgIpc) is 3.39. The van der Waals surface area contributed by atoms with Crippen LogP contribution in [0, 0.1) is 19.3 Å². The van der Waals surface area contributed by atoms with Gasteiger partial charge in [-0.2, -0.15) is 0 Å². The van der Waals surface area contributed by atoms with Gasteiger partial charge in [-0.15, -0.1) is 0 Å². The zero-order valence-electron chi connectivity index (χ0n) is 16.7. The van der Waals surface area contributed by atoms with Gasteiger partial charge in [0.2, 0.25) is 0 Å². The molecule has 2 fully saturated rings. The molecule has 1 spiro atoms. The van der Waals surface area contributed by atoms with Crippen molar-refractivity contribution in [2.75, 3.05) is 26.2 Å². The van der Waals surface area contributed by atoms with Gasteiger partial charge in [-0.25, -0.2) is 4.98 Å². The average molecular weight is 392 g/mol. The number of oxazole rings is 1. The minimum atomic E-state index is -0.0729. The maximum Gasteiger partial charge on any atom is 0.276 e. The standard InChI is InChI=1S/C22H24N4O3/c1-15-8-19(24-29-15)21(27)26-13-22(14-26)12-25(10-17-6-4-3-5-7-17)11-18(22)20-23-9-16(2)28-20/h3-9,18H,10-14H2,1-2H3. The number of carbonyl (C=O) groups is 1. The normalized spacial score (nSPS) is 20.9. The number of aromatic nitrogens is 2. The van der Waals surface area contributed by atoms with Crippen molar-refractivity contribution in [1.29, 1.82) is 0 Å². The van der Waals surface area contributed by atoms with Crippen LogP contribution in [0.2, 0.25) is 0 Å². The van der Waals surface area contributed by atoms with Gasteiger partial charge in [0.25, 0.3) is 5.91 Å². The van der Waals surface area contributed by atoms with Crippen LogP contribution in [0.1, 0.15) is 39.4 Å². The fraction of sp³-hybridized carbons (Fsp3) is 0.409. The van der Waals surface area contributed by atoms with Crippen molar-refractivity contribution in [3.05, 3.63) is 71.3 Å². The first-order chi connectivity index (χ1) is 14.0. The Bertz CT molecular complexity index is 1020. The molecule has 1 atom stereocenters. The van der Waals surface area contributed by atoms with E-state index in [0.29, 0.717) is 24.5 Å². The number of amides is 1. The van der Waals surface area contributed by atoms with Gasteiger partial charge in [0.1, 0.15) is 11.5 Å². The highest BCUT2D eigenvalue weighted by atomic mass is 16.5. The summed E-state index contributed by atoms with van der Waals surface area (Å²) in [5.41, 5.74) is 1.62. The largest absolute Gasteiger partial charge is 0.446 e. The van der Waals surface area contributed by atoms with Gasteiger partial charge in [-0.3, -0.25) is 9.69 Å². The lowest BCUT2D eigenvalue weighted by Gasteiger charge is -2.50. The van der Waals surface area contributed by atoms with Crippen molar-refractivity contribution in [1.82, 2.24) is 19.9 Å². The summed E-state index contributed by atoms with van der Waals surface area (Å²) in [6.45, 7) is 7.74. The molecule has 0 radical (unpaired) electrons. The van der Waals surface area contributed by atoms with Crippen molar-refractivity contribution in [2.45, 2.75) is 26.3 Å². The Kier molecular flexibility index (Phi) is 4.28. The summed E-state index contributed by atoms with van der Waals surface area (Å²) in [5, 5.41) is 3.88. The number of hydrogen-bond donors (Lipinski definition) is 0. The van der Waals surface area contributed by atoms with Gasteiger partial charge in [0.15, 0.2) is 11.6 Å². The van der Waals surface area contributed by atoms with E-state index < -0.39 is 0 Å². The van der Waals surface area contributed by atoms with Gasteiger partial charge in [-0.1, -0.05) is 35.5 Å². The Balaban J connectivity index is 1.36. The highest BCUT2D eigenvalue weighted by Gasteiger charge is 2.57. The van der Waals surface area contributed by atoms with Crippen LogP contribution in [-0.2, 0) is 6.54 Å². The van der Waals surface area contributed by atoms with E-state index in [1.54, 1.807) is 19.2 Å². The Morgan fingerprint density at radius 1 is 1.17 bits per heavy atom. The third kappa shape index (κ3) is 3.25. The summed E-state index contributed by atoms with van der Waals surface area (Å²) in [6, 6.07) is 12.2. The molecule has 5 rings (SSSR count). The molecular weight excluding hydrogens is 368 g/mol. The predicted molar refractivity (Wildman–Crippen MR) is 105 cm³/mol. The number of likely N-dealkylation sites (tertiary alicyclic amines) is 2. The second-order valence-electron chi connectivity index (χ2n) is 8.36. The van der Waals surface area contributed by atoms with Crippen molar-refractivity contribution in [3.8, 4) is 0 Å². The summed E-state index contributed by atoms with van der Waals surface area (Å²) >= 11 is 0. The number of hydrogen-bond acceptors (Lipinski definition) is 6. The molecule has 150 valence electrons.